The molecule has 0 aliphatic carbocycles. The van der Waals surface area contributed by atoms with Gasteiger partial charge in [0.25, 0.3) is 0 Å². The van der Waals surface area contributed by atoms with Crippen molar-refractivity contribution < 1.29 is 8.78 Å². The molecule has 0 radical (unpaired) electrons. The number of rotatable bonds is 3. The van der Waals surface area contributed by atoms with Crippen molar-refractivity contribution in [3.05, 3.63) is 35.4 Å². The molecule has 0 nitrogen and oxygen atoms in total. The first-order valence-electron chi connectivity index (χ1n) is 5.36. The quantitative estimate of drug-likeness (QED) is 0.687. The van der Waals surface area contributed by atoms with Crippen LogP contribution in [0.1, 0.15) is 32.8 Å². The summed E-state index contributed by atoms with van der Waals surface area (Å²) in [6.07, 6.45) is 1.41. The van der Waals surface area contributed by atoms with E-state index in [1.807, 2.05) is 0 Å². The van der Waals surface area contributed by atoms with Crippen LogP contribution < -0.4 is 0 Å². The summed E-state index contributed by atoms with van der Waals surface area (Å²) in [6.45, 7) is 6.31. The van der Waals surface area contributed by atoms with E-state index in [4.69, 9.17) is 11.6 Å². The van der Waals surface area contributed by atoms with Crippen LogP contribution in [-0.2, 0) is 6.42 Å². The molecule has 16 heavy (non-hydrogen) atoms. The highest BCUT2D eigenvalue weighted by Crippen LogP contribution is 2.26. The Morgan fingerprint density at radius 1 is 1.19 bits per heavy atom. The van der Waals surface area contributed by atoms with E-state index >= 15 is 0 Å². The highest BCUT2D eigenvalue weighted by molar-refractivity contribution is 6.20. The van der Waals surface area contributed by atoms with Gasteiger partial charge in [-0.05, 0) is 36.0 Å². The zero-order chi connectivity index (χ0) is 12.3. The van der Waals surface area contributed by atoms with E-state index in [1.54, 1.807) is 6.07 Å². The van der Waals surface area contributed by atoms with E-state index in [2.05, 4.69) is 20.8 Å². The van der Waals surface area contributed by atoms with Gasteiger partial charge in [-0.1, -0.05) is 26.8 Å². The molecule has 0 N–H and O–H groups in total. The van der Waals surface area contributed by atoms with E-state index in [1.165, 1.54) is 6.07 Å². The monoisotopic (exact) mass is 246 g/mol. The van der Waals surface area contributed by atoms with Crippen molar-refractivity contribution in [1.29, 1.82) is 0 Å². The first-order chi connectivity index (χ1) is 7.28. The van der Waals surface area contributed by atoms with Crippen molar-refractivity contribution in [3.63, 3.8) is 0 Å². The van der Waals surface area contributed by atoms with Gasteiger partial charge in [0.05, 0.1) is 0 Å². The molecule has 0 saturated heterocycles. The topological polar surface area (TPSA) is 0 Å². The lowest BCUT2D eigenvalue weighted by Crippen LogP contribution is -2.15. The predicted molar refractivity (Wildman–Crippen MR) is 63.8 cm³/mol. The van der Waals surface area contributed by atoms with Gasteiger partial charge in [0, 0.05) is 5.38 Å². The van der Waals surface area contributed by atoms with Crippen molar-refractivity contribution in [3.8, 4) is 0 Å². The van der Waals surface area contributed by atoms with Crippen LogP contribution >= 0.6 is 11.6 Å². The molecule has 0 spiro atoms. The lowest BCUT2D eigenvalue weighted by molar-refractivity contribution is 0.369. The fraction of sp³-hybridized carbons (Fsp3) is 0.538. The SMILES string of the molecule is CC(C)(C)CC(Cl)Cc1ccc(F)c(F)c1. The first kappa shape index (κ1) is 13.4. The van der Waals surface area contributed by atoms with Gasteiger partial charge in [0.15, 0.2) is 11.6 Å². The fourth-order valence-corrected chi connectivity index (χ4v) is 2.30. The van der Waals surface area contributed by atoms with Crippen LogP contribution in [0.4, 0.5) is 8.78 Å². The zero-order valence-corrected chi connectivity index (χ0v) is 10.6. The molecular weight excluding hydrogens is 230 g/mol. The van der Waals surface area contributed by atoms with Crippen LogP contribution in [0, 0.1) is 17.0 Å². The third-order valence-electron chi connectivity index (χ3n) is 2.28. The van der Waals surface area contributed by atoms with Crippen LogP contribution in [0.5, 0.6) is 0 Å². The second-order valence-electron chi connectivity index (χ2n) is 5.31. The average molecular weight is 247 g/mol. The Bertz CT molecular complexity index is 355. The Kier molecular flexibility index (Phi) is 4.31. The highest BCUT2D eigenvalue weighted by atomic mass is 35.5. The van der Waals surface area contributed by atoms with Gasteiger partial charge in [0.2, 0.25) is 0 Å². The minimum absolute atomic E-state index is 0.0511. The predicted octanol–water partition coefficient (Wildman–Crippen LogP) is 4.55. The van der Waals surface area contributed by atoms with Crippen molar-refractivity contribution in [1.82, 2.24) is 0 Å². The van der Waals surface area contributed by atoms with Crippen LogP contribution in [0.3, 0.4) is 0 Å². The number of halogens is 3. The molecule has 1 atom stereocenters. The fourth-order valence-electron chi connectivity index (χ4n) is 1.66. The second-order valence-corrected chi connectivity index (χ2v) is 5.93. The summed E-state index contributed by atoms with van der Waals surface area (Å²) in [6, 6.07) is 3.94. The normalized spacial score (nSPS) is 13.9. The molecular formula is C13H17ClF2. The lowest BCUT2D eigenvalue weighted by atomic mass is 9.88. The maximum atomic E-state index is 12.9. The van der Waals surface area contributed by atoms with Crippen LogP contribution in [0.2, 0.25) is 0 Å². The minimum Gasteiger partial charge on any atom is -0.204 e. The maximum Gasteiger partial charge on any atom is 0.159 e. The van der Waals surface area contributed by atoms with Gasteiger partial charge >= 0.3 is 0 Å². The third kappa shape index (κ3) is 4.48. The summed E-state index contributed by atoms with van der Waals surface area (Å²) in [5, 5.41) is -0.0511. The standard InChI is InChI=1S/C13H17ClF2/c1-13(2,3)8-10(14)6-9-4-5-11(15)12(16)7-9/h4-5,7,10H,6,8H2,1-3H3. The Hall–Kier alpha value is -0.630. The molecule has 1 unspecified atom stereocenters. The molecule has 0 aliphatic rings. The molecule has 0 bridgehead atoms. The van der Waals surface area contributed by atoms with E-state index in [0.717, 1.165) is 18.1 Å². The molecule has 0 amide bonds. The first-order valence-corrected chi connectivity index (χ1v) is 5.79. The Morgan fingerprint density at radius 3 is 2.31 bits per heavy atom. The Balaban J connectivity index is 2.63. The summed E-state index contributed by atoms with van der Waals surface area (Å²) in [7, 11) is 0. The smallest absolute Gasteiger partial charge is 0.159 e. The van der Waals surface area contributed by atoms with E-state index in [9.17, 15) is 8.78 Å². The van der Waals surface area contributed by atoms with Crippen molar-refractivity contribution in [2.45, 2.75) is 39.0 Å². The molecule has 0 saturated carbocycles. The molecule has 90 valence electrons. The van der Waals surface area contributed by atoms with E-state index < -0.39 is 11.6 Å². The van der Waals surface area contributed by atoms with E-state index in [-0.39, 0.29) is 10.8 Å². The van der Waals surface area contributed by atoms with Crippen molar-refractivity contribution in [2.24, 2.45) is 5.41 Å². The van der Waals surface area contributed by atoms with Crippen LogP contribution in [0.25, 0.3) is 0 Å². The molecule has 0 fully saturated rings. The second kappa shape index (κ2) is 5.13. The summed E-state index contributed by atoms with van der Waals surface area (Å²) in [5.41, 5.74) is 0.883. The third-order valence-corrected chi connectivity index (χ3v) is 2.58. The van der Waals surface area contributed by atoms with Crippen molar-refractivity contribution in [2.75, 3.05) is 0 Å². The lowest BCUT2D eigenvalue weighted by Gasteiger charge is -2.21. The zero-order valence-electron chi connectivity index (χ0n) is 9.86. The molecule has 3 heteroatoms. The molecule has 1 aromatic carbocycles. The molecule has 0 aromatic heterocycles. The minimum atomic E-state index is -0.814. The van der Waals surface area contributed by atoms with Crippen LogP contribution in [-0.4, -0.2) is 5.38 Å². The largest absolute Gasteiger partial charge is 0.204 e. The molecule has 1 rings (SSSR count). The molecule has 0 heterocycles. The highest BCUT2D eigenvalue weighted by Gasteiger charge is 2.17. The van der Waals surface area contributed by atoms with Gasteiger partial charge in [0.1, 0.15) is 0 Å². The van der Waals surface area contributed by atoms with Gasteiger partial charge in [-0.25, -0.2) is 8.78 Å². The van der Waals surface area contributed by atoms with Crippen LogP contribution in [0.15, 0.2) is 18.2 Å². The Morgan fingerprint density at radius 2 is 1.81 bits per heavy atom. The Labute approximate surface area is 101 Å². The number of alkyl halides is 1. The molecule has 0 aliphatic heterocycles. The van der Waals surface area contributed by atoms with Gasteiger partial charge in [-0.3, -0.25) is 0 Å². The van der Waals surface area contributed by atoms with Gasteiger partial charge < -0.3 is 0 Å². The van der Waals surface area contributed by atoms with Crippen molar-refractivity contribution >= 4 is 11.6 Å². The molecule has 1 aromatic rings. The summed E-state index contributed by atoms with van der Waals surface area (Å²) in [4.78, 5) is 0. The summed E-state index contributed by atoms with van der Waals surface area (Å²) >= 11 is 6.18. The van der Waals surface area contributed by atoms with Gasteiger partial charge in [-0.2, -0.15) is 0 Å². The number of benzene rings is 1. The maximum absolute atomic E-state index is 12.9. The number of hydrogen-bond acceptors (Lipinski definition) is 0. The average Bonchev–Trinajstić information content (AvgIpc) is 2.08. The summed E-state index contributed by atoms with van der Waals surface area (Å²) < 4.78 is 25.6. The summed E-state index contributed by atoms with van der Waals surface area (Å²) in [5.74, 6) is -1.62. The number of hydrogen-bond donors (Lipinski definition) is 0. The van der Waals surface area contributed by atoms with Gasteiger partial charge in [-0.15, -0.1) is 11.6 Å². The van der Waals surface area contributed by atoms with E-state index in [0.29, 0.717) is 6.42 Å².